The smallest absolute Gasteiger partial charge is 0.0468 e. The topological polar surface area (TPSA) is 26.0 Å². The second kappa shape index (κ2) is 4.46. The van der Waals surface area contributed by atoms with E-state index in [0.29, 0.717) is 5.70 Å². The van der Waals surface area contributed by atoms with Crippen molar-refractivity contribution in [3.63, 3.8) is 0 Å². The molecule has 0 amide bonds. The summed E-state index contributed by atoms with van der Waals surface area (Å²) in [5.41, 5.74) is 6.61. The van der Waals surface area contributed by atoms with Crippen LogP contribution in [0.25, 0.3) is 0 Å². The van der Waals surface area contributed by atoms with Crippen molar-refractivity contribution in [1.82, 2.24) is 0 Å². The van der Waals surface area contributed by atoms with E-state index in [1.165, 1.54) is 0 Å². The molecule has 0 heterocycles. The van der Waals surface area contributed by atoms with Gasteiger partial charge in [0.25, 0.3) is 0 Å². The van der Waals surface area contributed by atoms with E-state index < -0.39 is 0 Å². The van der Waals surface area contributed by atoms with Crippen molar-refractivity contribution >= 4 is 0 Å². The SMILES string of the molecule is C=C/C=C(/C#CC)C(=C)N. The zero-order valence-electron chi connectivity index (χ0n) is 6.15. The van der Waals surface area contributed by atoms with E-state index in [9.17, 15) is 0 Å². The van der Waals surface area contributed by atoms with Crippen LogP contribution in [-0.2, 0) is 0 Å². The Morgan fingerprint density at radius 2 is 2.20 bits per heavy atom. The first-order valence-corrected chi connectivity index (χ1v) is 2.92. The summed E-state index contributed by atoms with van der Waals surface area (Å²) in [6, 6.07) is 0. The quantitative estimate of drug-likeness (QED) is 0.449. The monoisotopic (exact) mass is 133 g/mol. The molecule has 0 aromatic heterocycles. The molecule has 1 nitrogen and oxygen atoms in total. The molecule has 0 fully saturated rings. The molecule has 0 aliphatic carbocycles. The van der Waals surface area contributed by atoms with Gasteiger partial charge in [0, 0.05) is 11.3 Å². The predicted octanol–water partition coefficient (Wildman–Crippen LogP) is 1.59. The predicted molar refractivity (Wildman–Crippen MR) is 45.1 cm³/mol. The van der Waals surface area contributed by atoms with E-state index in [2.05, 4.69) is 25.0 Å². The molecule has 0 rings (SSSR count). The summed E-state index contributed by atoms with van der Waals surface area (Å²) in [5.74, 6) is 5.53. The Labute approximate surface area is 61.9 Å². The van der Waals surface area contributed by atoms with Crippen molar-refractivity contribution in [1.29, 1.82) is 0 Å². The first-order valence-electron chi connectivity index (χ1n) is 2.92. The second-order valence-electron chi connectivity index (χ2n) is 1.72. The maximum Gasteiger partial charge on any atom is 0.0468 e. The van der Waals surface area contributed by atoms with Gasteiger partial charge >= 0.3 is 0 Å². The first kappa shape index (κ1) is 8.58. The highest BCUT2D eigenvalue weighted by Gasteiger charge is 1.88. The van der Waals surface area contributed by atoms with Crippen molar-refractivity contribution < 1.29 is 0 Å². The minimum Gasteiger partial charge on any atom is -0.398 e. The molecule has 0 atom stereocenters. The van der Waals surface area contributed by atoms with Crippen LogP contribution in [0.2, 0.25) is 0 Å². The molecule has 1 heteroatoms. The lowest BCUT2D eigenvalue weighted by molar-refractivity contribution is 1.39. The Kier molecular flexibility index (Phi) is 3.83. The lowest BCUT2D eigenvalue weighted by Gasteiger charge is -1.93. The molecule has 0 aromatic rings. The third-order valence-electron chi connectivity index (χ3n) is 0.890. The van der Waals surface area contributed by atoms with Gasteiger partial charge in [-0.05, 0) is 13.0 Å². The first-order chi connectivity index (χ1) is 4.72. The van der Waals surface area contributed by atoms with E-state index in [4.69, 9.17) is 5.73 Å². The lowest BCUT2D eigenvalue weighted by atomic mass is 10.2. The van der Waals surface area contributed by atoms with E-state index in [-0.39, 0.29) is 0 Å². The molecule has 0 aliphatic rings. The maximum absolute atomic E-state index is 5.40. The van der Waals surface area contributed by atoms with Crippen LogP contribution in [0.5, 0.6) is 0 Å². The van der Waals surface area contributed by atoms with Crippen LogP contribution in [-0.4, -0.2) is 0 Å². The highest BCUT2D eigenvalue weighted by molar-refractivity contribution is 5.43. The van der Waals surface area contributed by atoms with Gasteiger partial charge in [0.15, 0.2) is 0 Å². The van der Waals surface area contributed by atoms with Gasteiger partial charge in [0.2, 0.25) is 0 Å². The molecule has 0 saturated heterocycles. The molecule has 10 heavy (non-hydrogen) atoms. The normalized spacial score (nSPS) is 9.50. The third kappa shape index (κ3) is 2.78. The number of nitrogens with two attached hydrogens (primary N) is 1. The number of hydrogen-bond acceptors (Lipinski definition) is 1. The van der Waals surface area contributed by atoms with Crippen LogP contribution in [0, 0.1) is 11.8 Å². The highest BCUT2D eigenvalue weighted by atomic mass is 14.6. The fraction of sp³-hybridized carbons (Fsp3) is 0.111. The summed E-state index contributed by atoms with van der Waals surface area (Å²) in [6.45, 7) is 8.83. The van der Waals surface area contributed by atoms with Crippen LogP contribution >= 0.6 is 0 Å². The van der Waals surface area contributed by atoms with Gasteiger partial charge in [0.1, 0.15) is 0 Å². The molecule has 0 aromatic carbocycles. The van der Waals surface area contributed by atoms with Gasteiger partial charge < -0.3 is 5.73 Å². The molecule has 0 spiro atoms. The van der Waals surface area contributed by atoms with Crippen molar-refractivity contribution in [2.45, 2.75) is 6.92 Å². The molecular formula is C9H11N. The molecule has 2 N–H and O–H groups in total. The Balaban J connectivity index is 4.52. The van der Waals surface area contributed by atoms with E-state index in [1.807, 2.05) is 0 Å². The third-order valence-corrected chi connectivity index (χ3v) is 0.890. The van der Waals surface area contributed by atoms with E-state index in [0.717, 1.165) is 5.57 Å². The fourth-order valence-corrected chi connectivity index (χ4v) is 0.482. The molecule has 0 radical (unpaired) electrons. The summed E-state index contributed by atoms with van der Waals surface area (Å²) >= 11 is 0. The van der Waals surface area contributed by atoms with Crippen molar-refractivity contribution in [2.75, 3.05) is 0 Å². The average Bonchev–Trinajstić information content (AvgIpc) is 1.87. The Hall–Kier alpha value is -1.42. The molecule has 0 unspecified atom stereocenters. The summed E-state index contributed by atoms with van der Waals surface area (Å²) in [6.07, 6.45) is 3.37. The number of allylic oxidation sites excluding steroid dienone is 3. The second-order valence-corrected chi connectivity index (χ2v) is 1.72. The van der Waals surface area contributed by atoms with Gasteiger partial charge in [-0.15, -0.1) is 5.92 Å². The molecule has 0 saturated carbocycles. The van der Waals surface area contributed by atoms with Gasteiger partial charge in [-0.1, -0.05) is 25.2 Å². The Bertz CT molecular complexity index is 223. The van der Waals surface area contributed by atoms with Crippen LogP contribution in [0.3, 0.4) is 0 Å². The molecular weight excluding hydrogens is 122 g/mol. The van der Waals surface area contributed by atoms with Crippen LogP contribution in [0.4, 0.5) is 0 Å². The summed E-state index contributed by atoms with van der Waals surface area (Å²) in [4.78, 5) is 0. The van der Waals surface area contributed by atoms with Crippen LogP contribution in [0.1, 0.15) is 6.92 Å². The fourth-order valence-electron chi connectivity index (χ4n) is 0.482. The summed E-state index contributed by atoms with van der Waals surface area (Å²) < 4.78 is 0. The minimum absolute atomic E-state index is 0.481. The largest absolute Gasteiger partial charge is 0.398 e. The highest BCUT2D eigenvalue weighted by Crippen LogP contribution is 1.98. The maximum atomic E-state index is 5.40. The standard InChI is InChI=1S/C9H11N/c1-4-6-9(7-5-2)8(3)10/h4,6H,1,3,10H2,2H3/b9-6-. The van der Waals surface area contributed by atoms with Gasteiger partial charge in [0.05, 0.1) is 0 Å². The lowest BCUT2D eigenvalue weighted by Crippen LogP contribution is -1.96. The zero-order chi connectivity index (χ0) is 7.98. The van der Waals surface area contributed by atoms with Crippen molar-refractivity contribution in [3.05, 3.63) is 36.6 Å². The minimum atomic E-state index is 0.481. The van der Waals surface area contributed by atoms with Crippen molar-refractivity contribution in [3.8, 4) is 11.8 Å². The van der Waals surface area contributed by atoms with Gasteiger partial charge in [-0.3, -0.25) is 0 Å². The molecule has 0 aliphatic heterocycles. The average molecular weight is 133 g/mol. The number of hydrogen-bond donors (Lipinski definition) is 1. The van der Waals surface area contributed by atoms with Crippen LogP contribution < -0.4 is 5.73 Å². The van der Waals surface area contributed by atoms with Gasteiger partial charge in [-0.25, -0.2) is 0 Å². The number of rotatable bonds is 2. The summed E-state index contributed by atoms with van der Waals surface area (Å²) in [7, 11) is 0. The molecule has 52 valence electrons. The molecule has 0 bridgehead atoms. The summed E-state index contributed by atoms with van der Waals surface area (Å²) in [5, 5.41) is 0. The van der Waals surface area contributed by atoms with Crippen molar-refractivity contribution in [2.24, 2.45) is 5.73 Å². The Morgan fingerprint density at radius 1 is 1.60 bits per heavy atom. The zero-order valence-corrected chi connectivity index (χ0v) is 6.15. The Morgan fingerprint density at radius 3 is 2.50 bits per heavy atom. The van der Waals surface area contributed by atoms with Gasteiger partial charge in [-0.2, -0.15) is 0 Å². The van der Waals surface area contributed by atoms with E-state index in [1.54, 1.807) is 19.1 Å². The van der Waals surface area contributed by atoms with E-state index >= 15 is 0 Å². The van der Waals surface area contributed by atoms with Crippen LogP contribution in [0.15, 0.2) is 36.6 Å².